The Labute approximate surface area is 150 Å². The molecule has 0 unspecified atom stereocenters. The van der Waals surface area contributed by atoms with Gasteiger partial charge in [0.15, 0.2) is 5.56 Å². The van der Waals surface area contributed by atoms with E-state index in [-0.39, 0.29) is 30.2 Å². The number of nitrogens with zero attached hydrogens (tertiary/aromatic N) is 2. The van der Waals surface area contributed by atoms with E-state index >= 15 is 0 Å². The smallest absolute Gasteiger partial charge is 0.315 e. The van der Waals surface area contributed by atoms with E-state index in [9.17, 15) is 20.2 Å². The van der Waals surface area contributed by atoms with Crippen molar-refractivity contribution in [1.82, 2.24) is 0 Å². The fourth-order valence-electron chi connectivity index (χ4n) is 2.14. The van der Waals surface area contributed by atoms with Crippen LogP contribution in [-0.2, 0) is 16.1 Å². The van der Waals surface area contributed by atoms with E-state index in [0.717, 1.165) is 5.56 Å². The van der Waals surface area contributed by atoms with Gasteiger partial charge in [-0.05, 0) is 25.5 Å². The number of carbonyl (C=O) groups excluding carboxylic acids is 1. The molecule has 0 amide bonds. The van der Waals surface area contributed by atoms with Crippen LogP contribution in [0.2, 0.25) is 0 Å². The van der Waals surface area contributed by atoms with Crippen LogP contribution >= 0.6 is 0 Å². The van der Waals surface area contributed by atoms with Crippen LogP contribution in [0, 0.1) is 26.9 Å². The van der Waals surface area contributed by atoms with Crippen molar-refractivity contribution in [3.63, 3.8) is 0 Å². The Balaban J connectivity index is 2.03. The second-order valence-corrected chi connectivity index (χ2v) is 6.25. The highest BCUT2D eigenvalue weighted by molar-refractivity contribution is 5.76. The topological polar surface area (TPSA) is 102 Å². The van der Waals surface area contributed by atoms with Gasteiger partial charge in [-0.3, -0.25) is 14.9 Å². The number of benzene rings is 2. The molecule has 2 aromatic rings. The van der Waals surface area contributed by atoms with E-state index in [4.69, 9.17) is 9.47 Å². The molecule has 0 heterocycles. The number of carbonyl (C=O) groups is 1. The Morgan fingerprint density at radius 3 is 2.50 bits per heavy atom. The van der Waals surface area contributed by atoms with Crippen LogP contribution < -0.4 is 4.74 Å². The summed E-state index contributed by atoms with van der Waals surface area (Å²) in [5, 5.41) is 20.2. The number of nitro benzene ring substituents is 1. The summed E-state index contributed by atoms with van der Waals surface area (Å²) in [5.74, 6) is -0.407. The molecule has 0 fully saturated rings. The Morgan fingerprint density at radius 1 is 1.19 bits per heavy atom. The fraction of sp³-hybridized carbons (Fsp3) is 0.263. The van der Waals surface area contributed by atoms with Gasteiger partial charge < -0.3 is 9.47 Å². The summed E-state index contributed by atoms with van der Waals surface area (Å²) in [6, 6.07) is 15.1. The van der Waals surface area contributed by atoms with Crippen LogP contribution in [0.3, 0.4) is 0 Å². The third-order valence-corrected chi connectivity index (χ3v) is 3.67. The van der Waals surface area contributed by atoms with Gasteiger partial charge in [0.05, 0.1) is 10.3 Å². The summed E-state index contributed by atoms with van der Waals surface area (Å²) in [5.41, 5.74) is -0.644. The van der Waals surface area contributed by atoms with Crippen LogP contribution in [0.4, 0.5) is 5.69 Å². The number of esters is 1. The van der Waals surface area contributed by atoms with Crippen molar-refractivity contribution in [1.29, 1.82) is 5.26 Å². The van der Waals surface area contributed by atoms with Crippen LogP contribution in [0.1, 0.15) is 25.0 Å². The van der Waals surface area contributed by atoms with Crippen molar-refractivity contribution in [2.75, 3.05) is 6.61 Å². The lowest BCUT2D eigenvalue weighted by Gasteiger charge is -2.23. The molecule has 0 aliphatic heterocycles. The zero-order chi connectivity index (χ0) is 19.2. The monoisotopic (exact) mass is 354 g/mol. The number of rotatable bonds is 7. The quantitative estimate of drug-likeness (QED) is 0.427. The molecule has 0 aliphatic rings. The second kappa shape index (κ2) is 8.12. The minimum absolute atomic E-state index is 0.0608. The van der Waals surface area contributed by atoms with Crippen LogP contribution in [-0.4, -0.2) is 17.5 Å². The Hall–Kier alpha value is -3.40. The highest BCUT2D eigenvalue weighted by Crippen LogP contribution is 2.29. The average Bonchev–Trinajstić information content (AvgIpc) is 2.64. The molecule has 0 aromatic heterocycles. The Morgan fingerprint density at radius 2 is 1.88 bits per heavy atom. The van der Waals surface area contributed by atoms with Crippen molar-refractivity contribution in [2.24, 2.45) is 5.41 Å². The van der Waals surface area contributed by atoms with E-state index in [1.54, 1.807) is 19.9 Å². The van der Waals surface area contributed by atoms with Gasteiger partial charge in [0.2, 0.25) is 0 Å². The molecule has 134 valence electrons. The summed E-state index contributed by atoms with van der Waals surface area (Å²) in [6.45, 7) is 3.34. The molecule has 0 saturated heterocycles. The van der Waals surface area contributed by atoms with E-state index in [2.05, 4.69) is 0 Å². The van der Waals surface area contributed by atoms with Crippen LogP contribution in [0.25, 0.3) is 0 Å². The highest BCUT2D eigenvalue weighted by atomic mass is 16.6. The molecule has 2 aromatic carbocycles. The van der Waals surface area contributed by atoms with E-state index < -0.39 is 16.3 Å². The maximum Gasteiger partial charge on any atom is 0.315 e. The molecule has 0 saturated carbocycles. The summed E-state index contributed by atoms with van der Waals surface area (Å²) >= 11 is 0. The van der Waals surface area contributed by atoms with Gasteiger partial charge >= 0.3 is 5.97 Å². The van der Waals surface area contributed by atoms with Gasteiger partial charge in [-0.1, -0.05) is 36.4 Å². The number of ether oxygens (including phenoxy) is 2. The molecule has 0 radical (unpaired) electrons. The zero-order valence-electron chi connectivity index (χ0n) is 14.5. The Bertz CT molecular complexity index is 841. The molecule has 0 bridgehead atoms. The molecule has 0 atom stereocenters. The predicted octanol–water partition coefficient (Wildman–Crippen LogP) is 3.61. The van der Waals surface area contributed by atoms with E-state index in [0.29, 0.717) is 0 Å². The molecule has 26 heavy (non-hydrogen) atoms. The fourth-order valence-corrected chi connectivity index (χ4v) is 2.14. The highest BCUT2D eigenvalue weighted by Gasteiger charge is 2.31. The first kappa shape index (κ1) is 18.9. The van der Waals surface area contributed by atoms with E-state index in [1.807, 2.05) is 30.3 Å². The number of nitro groups is 1. The van der Waals surface area contributed by atoms with Crippen molar-refractivity contribution in [3.05, 3.63) is 69.8 Å². The molecular weight excluding hydrogens is 336 g/mol. The third kappa shape index (κ3) is 4.57. The lowest BCUT2D eigenvalue weighted by molar-refractivity contribution is -0.385. The number of nitriles is 1. The predicted molar refractivity (Wildman–Crippen MR) is 93.3 cm³/mol. The first-order chi connectivity index (χ1) is 12.3. The number of hydrogen-bond donors (Lipinski definition) is 0. The van der Waals surface area contributed by atoms with Crippen molar-refractivity contribution >= 4 is 11.7 Å². The molecule has 0 N–H and O–H groups in total. The largest absolute Gasteiger partial charge is 0.491 e. The average molecular weight is 354 g/mol. The first-order valence-electron chi connectivity index (χ1n) is 7.86. The standard InChI is InChI=1S/C19H18N2O5/c1-19(2,18(22)25-12-14-7-4-3-5-8-14)13-26-17-10-6-9-16(21(23)24)15(17)11-20/h3-10H,12-13H2,1-2H3. The lowest BCUT2D eigenvalue weighted by Crippen LogP contribution is -2.33. The van der Waals surface area contributed by atoms with Crippen LogP contribution in [0.15, 0.2) is 48.5 Å². The molecule has 0 spiro atoms. The van der Waals surface area contributed by atoms with Gasteiger partial charge in [-0.2, -0.15) is 5.26 Å². The number of hydrogen-bond acceptors (Lipinski definition) is 6. The lowest BCUT2D eigenvalue weighted by atomic mass is 9.95. The van der Waals surface area contributed by atoms with Gasteiger partial charge in [-0.25, -0.2) is 0 Å². The van der Waals surface area contributed by atoms with Gasteiger partial charge in [0.1, 0.15) is 25.0 Å². The maximum absolute atomic E-state index is 12.3. The van der Waals surface area contributed by atoms with Crippen molar-refractivity contribution in [3.8, 4) is 11.8 Å². The van der Waals surface area contributed by atoms with Gasteiger partial charge in [-0.15, -0.1) is 0 Å². The normalized spacial score (nSPS) is 10.7. The summed E-state index contributed by atoms with van der Waals surface area (Å²) in [4.78, 5) is 22.7. The van der Waals surface area contributed by atoms with Gasteiger partial charge in [0.25, 0.3) is 5.69 Å². The third-order valence-electron chi connectivity index (χ3n) is 3.67. The first-order valence-corrected chi connectivity index (χ1v) is 7.86. The van der Waals surface area contributed by atoms with E-state index in [1.165, 1.54) is 18.2 Å². The molecule has 0 aliphatic carbocycles. The minimum atomic E-state index is -0.994. The summed E-state index contributed by atoms with van der Waals surface area (Å²) in [7, 11) is 0. The molecule has 7 nitrogen and oxygen atoms in total. The molecule has 7 heteroatoms. The van der Waals surface area contributed by atoms with Gasteiger partial charge in [0, 0.05) is 6.07 Å². The maximum atomic E-state index is 12.3. The Kier molecular flexibility index (Phi) is 5.91. The minimum Gasteiger partial charge on any atom is -0.491 e. The van der Waals surface area contributed by atoms with Crippen LogP contribution in [0.5, 0.6) is 5.75 Å². The molecule has 2 rings (SSSR count). The van der Waals surface area contributed by atoms with Crippen molar-refractivity contribution < 1.29 is 19.2 Å². The summed E-state index contributed by atoms with van der Waals surface area (Å²) < 4.78 is 10.8. The second-order valence-electron chi connectivity index (χ2n) is 6.25. The van der Waals surface area contributed by atoms with Crippen molar-refractivity contribution in [2.45, 2.75) is 20.5 Å². The SMILES string of the molecule is CC(C)(COc1cccc([N+](=O)[O-])c1C#N)C(=O)OCc1ccccc1. The zero-order valence-corrected chi connectivity index (χ0v) is 14.5. The summed E-state index contributed by atoms with van der Waals surface area (Å²) in [6.07, 6.45) is 0. The molecular formula is C19H18N2O5.